The van der Waals surface area contributed by atoms with Crippen molar-refractivity contribution in [2.75, 3.05) is 5.32 Å². The van der Waals surface area contributed by atoms with Gasteiger partial charge in [-0.3, -0.25) is 0 Å². The Hall–Kier alpha value is -3.29. The maximum absolute atomic E-state index is 14.1. The zero-order valence-corrected chi connectivity index (χ0v) is 17.7. The van der Waals surface area contributed by atoms with E-state index in [0.717, 1.165) is 10.9 Å². The van der Waals surface area contributed by atoms with Gasteiger partial charge in [0.05, 0.1) is 33.6 Å². The first-order chi connectivity index (χ1) is 15.0. The summed E-state index contributed by atoms with van der Waals surface area (Å²) in [5.41, 5.74) is 3.70. The predicted molar refractivity (Wildman–Crippen MR) is 121 cm³/mol. The molecule has 0 aliphatic rings. The third-order valence-electron chi connectivity index (χ3n) is 5.05. The Morgan fingerprint density at radius 1 is 1.00 bits per heavy atom. The number of fused-ring (bicyclic) bond motifs is 2. The second-order valence-electron chi connectivity index (χ2n) is 7.05. The molecule has 2 aromatic carbocycles. The van der Waals surface area contributed by atoms with Crippen LogP contribution in [0.1, 0.15) is 18.5 Å². The van der Waals surface area contributed by atoms with Crippen LogP contribution in [0.5, 0.6) is 0 Å². The van der Waals surface area contributed by atoms with E-state index in [4.69, 9.17) is 28.2 Å². The molecule has 9 heteroatoms. The van der Waals surface area contributed by atoms with E-state index >= 15 is 0 Å². The summed E-state index contributed by atoms with van der Waals surface area (Å²) < 4.78 is 14.1. The molecule has 0 fully saturated rings. The number of H-pyrrole nitrogens is 1. The van der Waals surface area contributed by atoms with Gasteiger partial charge in [-0.15, -0.1) is 0 Å². The van der Waals surface area contributed by atoms with E-state index in [-0.39, 0.29) is 6.04 Å². The Bertz CT molecular complexity index is 1430. The molecular formula is C22H15Cl2FN6. The molecule has 0 aliphatic carbocycles. The number of pyridine rings is 1. The van der Waals surface area contributed by atoms with E-state index in [9.17, 15) is 4.39 Å². The fraction of sp³-hybridized carbons (Fsp3) is 0.0909. The summed E-state index contributed by atoms with van der Waals surface area (Å²) in [5.74, 6) is 0.169. The van der Waals surface area contributed by atoms with Crippen molar-refractivity contribution in [1.29, 1.82) is 0 Å². The van der Waals surface area contributed by atoms with Gasteiger partial charge in [-0.05, 0) is 37.3 Å². The third-order valence-corrected chi connectivity index (χ3v) is 5.68. The number of benzene rings is 2. The van der Waals surface area contributed by atoms with Gasteiger partial charge in [0.2, 0.25) is 0 Å². The summed E-state index contributed by atoms with van der Waals surface area (Å²) in [6.45, 7) is 1.96. The van der Waals surface area contributed by atoms with E-state index in [1.165, 1.54) is 24.5 Å². The normalized spacial score (nSPS) is 12.4. The lowest BCUT2D eigenvalue weighted by Gasteiger charge is -2.20. The van der Waals surface area contributed by atoms with Gasteiger partial charge in [0.25, 0.3) is 0 Å². The Morgan fingerprint density at radius 2 is 1.87 bits per heavy atom. The molecule has 0 bridgehead atoms. The van der Waals surface area contributed by atoms with Crippen LogP contribution in [0, 0.1) is 5.82 Å². The van der Waals surface area contributed by atoms with Gasteiger partial charge in [0.1, 0.15) is 17.7 Å². The summed E-state index contributed by atoms with van der Waals surface area (Å²) in [5, 5.41) is 5.13. The Morgan fingerprint density at radius 3 is 2.74 bits per heavy atom. The molecule has 5 aromatic rings. The Kier molecular flexibility index (Phi) is 4.92. The van der Waals surface area contributed by atoms with Crippen molar-refractivity contribution in [2.24, 2.45) is 0 Å². The van der Waals surface area contributed by atoms with Crippen LogP contribution in [0.2, 0.25) is 10.0 Å². The van der Waals surface area contributed by atoms with Crippen molar-refractivity contribution >= 4 is 51.1 Å². The first-order valence-corrected chi connectivity index (χ1v) is 10.2. The first kappa shape index (κ1) is 19.7. The smallest absolute Gasteiger partial charge is 0.162 e. The number of halogens is 3. The molecular weight excluding hydrogens is 438 g/mol. The molecule has 0 amide bonds. The van der Waals surface area contributed by atoms with E-state index < -0.39 is 5.82 Å². The van der Waals surface area contributed by atoms with Crippen LogP contribution < -0.4 is 5.32 Å². The molecule has 0 spiro atoms. The highest BCUT2D eigenvalue weighted by Crippen LogP contribution is 2.37. The lowest BCUT2D eigenvalue weighted by Crippen LogP contribution is -2.11. The highest BCUT2D eigenvalue weighted by Gasteiger charge is 2.20. The average Bonchev–Trinajstić information content (AvgIpc) is 3.25. The van der Waals surface area contributed by atoms with Crippen LogP contribution in [0.3, 0.4) is 0 Å². The number of anilines is 1. The van der Waals surface area contributed by atoms with Gasteiger partial charge in [0, 0.05) is 16.5 Å². The molecule has 154 valence electrons. The predicted octanol–water partition coefficient (Wildman–Crippen LogP) is 6.19. The van der Waals surface area contributed by atoms with Crippen molar-refractivity contribution in [3.05, 3.63) is 76.5 Å². The number of hydrogen-bond acceptors (Lipinski definition) is 5. The van der Waals surface area contributed by atoms with Crippen LogP contribution in [0.15, 0.2) is 55.1 Å². The van der Waals surface area contributed by atoms with Crippen LogP contribution in [0.4, 0.5) is 10.2 Å². The van der Waals surface area contributed by atoms with Crippen molar-refractivity contribution in [3.8, 4) is 11.3 Å². The molecule has 2 N–H and O–H groups in total. The average molecular weight is 453 g/mol. The Balaban J connectivity index is 1.69. The standard InChI is InChI=1S/C22H15Cl2FN6/c1-11(30-22-20-21(27-9-26-20)28-10-29-22)14-7-12-3-2-4-17(24)18(12)31-19(14)15-8-13(25)5-6-16(15)23/h2-11H,1H3,(H2,26,27,28,29,30). The lowest BCUT2D eigenvalue weighted by atomic mass is 9.98. The minimum Gasteiger partial charge on any atom is -0.362 e. The van der Waals surface area contributed by atoms with E-state index in [1.54, 1.807) is 12.4 Å². The fourth-order valence-corrected chi connectivity index (χ4v) is 3.99. The van der Waals surface area contributed by atoms with Gasteiger partial charge in [-0.2, -0.15) is 0 Å². The molecule has 0 saturated heterocycles. The van der Waals surface area contributed by atoms with Crippen LogP contribution in [-0.2, 0) is 0 Å². The van der Waals surface area contributed by atoms with E-state index in [2.05, 4.69) is 25.3 Å². The highest BCUT2D eigenvalue weighted by atomic mass is 35.5. The summed E-state index contributed by atoms with van der Waals surface area (Å²) in [4.78, 5) is 20.5. The monoisotopic (exact) mass is 452 g/mol. The van der Waals surface area contributed by atoms with Gasteiger partial charge < -0.3 is 10.3 Å². The number of imidazole rings is 1. The van der Waals surface area contributed by atoms with E-state index in [1.807, 2.05) is 25.1 Å². The molecule has 6 nitrogen and oxygen atoms in total. The second kappa shape index (κ2) is 7.76. The SMILES string of the molecule is CC(Nc1ncnc2[nH]cnc12)c1cc2cccc(Cl)c2nc1-c1cc(F)ccc1Cl. The first-order valence-electron chi connectivity index (χ1n) is 9.46. The minimum absolute atomic E-state index is 0.264. The van der Waals surface area contributed by atoms with Gasteiger partial charge in [-0.1, -0.05) is 35.3 Å². The number of nitrogens with zero attached hydrogens (tertiary/aromatic N) is 4. The topological polar surface area (TPSA) is 79.4 Å². The quantitative estimate of drug-likeness (QED) is 0.339. The van der Waals surface area contributed by atoms with Crippen LogP contribution in [0.25, 0.3) is 33.3 Å². The summed E-state index contributed by atoms with van der Waals surface area (Å²) in [7, 11) is 0. The number of para-hydroxylation sites is 1. The molecule has 3 heterocycles. The van der Waals surface area contributed by atoms with Crippen molar-refractivity contribution in [3.63, 3.8) is 0 Å². The summed E-state index contributed by atoms with van der Waals surface area (Å²) in [6.07, 6.45) is 3.02. The number of aromatic amines is 1. The van der Waals surface area contributed by atoms with Crippen molar-refractivity contribution < 1.29 is 4.39 Å². The number of aromatic nitrogens is 5. The third kappa shape index (κ3) is 3.56. The summed E-state index contributed by atoms with van der Waals surface area (Å²) >= 11 is 12.8. The maximum Gasteiger partial charge on any atom is 0.162 e. The van der Waals surface area contributed by atoms with Gasteiger partial charge in [-0.25, -0.2) is 24.3 Å². The molecule has 5 rings (SSSR count). The molecule has 0 radical (unpaired) electrons. The van der Waals surface area contributed by atoms with Crippen molar-refractivity contribution in [1.82, 2.24) is 24.9 Å². The van der Waals surface area contributed by atoms with Gasteiger partial charge >= 0.3 is 0 Å². The molecule has 0 saturated carbocycles. The van der Waals surface area contributed by atoms with Gasteiger partial charge in [0.15, 0.2) is 11.5 Å². The molecule has 31 heavy (non-hydrogen) atoms. The largest absolute Gasteiger partial charge is 0.362 e. The second-order valence-corrected chi connectivity index (χ2v) is 7.86. The van der Waals surface area contributed by atoms with Crippen molar-refractivity contribution in [2.45, 2.75) is 13.0 Å². The molecule has 1 atom stereocenters. The zero-order chi connectivity index (χ0) is 21.5. The highest BCUT2D eigenvalue weighted by molar-refractivity contribution is 6.35. The fourth-order valence-electron chi connectivity index (χ4n) is 3.56. The lowest BCUT2D eigenvalue weighted by molar-refractivity contribution is 0.628. The number of nitrogens with one attached hydrogen (secondary N) is 2. The molecule has 0 aliphatic heterocycles. The minimum atomic E-state index is -0.402. The van der Waals surface area contributed by atoms with Crippen LogP contribution >= 0.6 is 23.2 Å². The molecule has 3 aromatic heterocycles. The van der Waals surface area contributed by atoms with E-state index in [0.29, 0.717) is 43.8 Å². The van der Waals surface area contributed by atoms with Crippen LogP contribution in [-0.4, -0.2) is 24.9 Å². The molecule has 1 unspecified atom stereocenters. The zero-order valence-electron chi connectivity index (χ0n) is 16.2. The Labute approximate surface area is 186 Å². The number of rotatable bonds is 4. The summed E-state index contributed by atoms with van der Waals surface area (Å²) in [6, 6.07) is 11.5. The number of hydrogen-bond donors (Lipinski definition) is 2. The maximum atomic E-state index is 14.1.